The Hall–Kier alpha value is -1.88. The summed E-state index contributed by atoms with van der Waals surface area (Å²) in [5, 5.41) is 9.42. The molecule has 0 bridgehead atoms. The first-order chi connectivity index (χ1) is 8.79. The molecule has 5 N–H and O–H groups in total. The lowest BCUT2D eigenvalue weighted by Crippen LogP contribution is -2.24. The number of hydrazine groups is 1. The third kappa shape index (κ3) is 4.55. The van der Waals surface area contributed by atoms with Gasteiger partial charge in [0.15, 0.2) is 0 Å². The number of aliphatic hydroxyl groups is 1. The van der Waals surface area contributed by atoms with Gasteiger partial charge in [-0.25, -0.2) is 5.84 Å². The second-order valence-electron chi connectivity index (χ2n) is 3.55. The van der Waals surface area contributed by atoms with E-state index in [4.69, 9.17) is 16.7 Å². The summed E-state index contributed by atoms with van der Waals surface area (Å²) in [5.41, 5.74) is 6.75. The molecule has 0 aromatic heterocycles. The van der Waals surface area contributed by atoms with E-state index >= 15 is 0 Å². The van der Waals surface area contributed by atoms with E-state index in [-0.39, 0.29) is 6.61 Å². The van der Waals surface area contributed by atoms with E-state index in [9.17, 15) is 0 Å². The number of hydrogen-bond donors (Lipinski definition) is 3. The minimum atomic E-state index is 0.0972. The summed E-state index contributed by atoms with van der Waals surface area (Å²) in [6, 6.07) is 19.7. The van der Waals surface area contributed by atoms with Crippen LogP contribution in [-0.2, 0) is 0 Å². The molecule has 0 atom stereocenters. The topological polar surface area (TPSA) is 75.5 Å². The molecular formula is C14H19N3O. The summed E-state index contributed by atoms with van der Waals surface area (Å²) in [6.07, 6.45) is 0. The van der Waals surface area contributed by atoms with Crippen molar-refractivity contribution >= 4 is 11.4 Å². The Morgan fingerprint density at radius 1 is 0.833 bits per heavy atom. The van der Waals surface area contributed by atoms with Gasteiger partial charge in [0, 0.05) is 6.54 Å². The lowest BCUT2D eigenvalue weighted by Gasteiger charge is -2.18. The molecule has 0 radical (unpaired) electrons. The summed E-state index contributed by atoms with van der Waals surface area (Å²) >= 11 is 0. The normalized spacial score (nSPS) is 9.28. The van der Waals surface area contributed by atoms with Crippen LogP contribution in [0.25, 0.3) is 0 Å². The van der Waals surface area contributed by atoms with Gasteiger partial charge in [-0.05, 0) is 24.3 Å². The molecule has 0 aliphatic carbocycles. The molecule has 0 fully saturated rings. The molecule has 0 unspecified atom stereocenters. The van der Waals surface area contributed by atoms with Gasteiger partial charge in [0.2, 0.25) is 0 Å². The monoisotopic (exact) mass is 245 g/mol. The standard InChI is InChI=1S/C12H12N2.C2H7NO/c13-14(11-7-3-1-4-8-11)12-9-5-2-6-10-12;3-1-2-4/h1-10H,13H2;4H,1-3H2. The summed E-state index contributed by atoms with van der Waals surface area (Å²) < 4.78 is 0. The highest BCUT2D eigenvalue weighted by Crippen LogP contribution is 2.20. The van der Waals surface area contributed by atoms with Gasteiger partial charge in [-0.2, -0.15) is 0 Å². The second-order valence-corrected chi connectivity index (χ2v) is 3.55. The summed E-state index contributed by atoms with van der Waals surface area (Å²) in [6.45, 7) is 0.472. The van der Waals surface area contributed by atoms with Gasteiger partial charge in [0.05, 0.1) is 18.0 Å². The molecule has 0 heterocycles. The first kappa shape index (κ1) is 14.2. The van der Waals surface area contributed by atoms with Crippen LogP contribution in [0.5, 0.6) is 0 Å². The van der Waals surface area contributed by atoms with Crippen molar-refractivity contribution in [1.29, 1.82) is 0 Å². The van der Waals surface area contributed by atoms with Crippen molar-refractivity contribution in [1.82, 2.24) is 0 Å². The van der Waals surface area contributed by atoms with E-state index < -0.39 is 0 Å². The molecule has 0 saturated heterocycles. The van der Waals surface area contributed by atoms with Crippen LogP contribution in [0.2, 0.25) is 0 Å². The number of nitrogens with zero attached hydrogens (tertiary/aromatic N) is 1. The zero-order chi connectivity index (χ0) is 13.2. The number of para-hydroxylation sites is 2. The lowest BCUT2D eigenvalue weighted by molar-refractivity contribution is 0.306. The third-order valence-electron chi connectivity index (χ3n) is 2.20. The Morgan fingerprint density at radius 2 is 1.17 bits per heavy atom. The van der Waals surface area contributed by atoms with Gasteiger partial charge in [-0.1, -0.05) is 36.4 Å². The van der Waals surface area contributed by atoms with E-state index in [1.807, 2.05) is 60.7 Å². The van der Waals surface area contributed by atoms with E-state index in [0.717, 1.165) is 11.4 Å². The van der Waals surface area contributed by atoms with Crippen LogP contribution >= 0.6 is 0 Å². The van der Waals surface area contributed by atoms with Crippen molar-refractivity contribution in [3.63, 3.8) is 0 Å². The van der Waals surface area contributed by atoms with Crippen LogP contribution in [0.3, 0.4) is 0 Å². The summed E-state index contributed by atoms with van der Waals surface area (Å²) in [5.74, 6) is 5.95. The SMILES string of the molecule is NCCO.NN(c1ccccc1)c1ccccc1. The van der Waals surface area contributed by atoms with E-state index in [1.165, 1.54) is 0 Å². The van der Waals surface area contributed by atoms with E-state index in [0.29, 0.717) is 6.54 Å². The van der Waals surface area contributed by atoms with Crippen molar-refractivity contribution in [2.24, 2.45) is 11.6 Å². The average molecular weight is 245 g/mol. The highest BCUT2D eigenvalue weighted by molar-refractivity contribution is 5.60. The van der Waals surface area contributed by atoms with Crippen LogP contribution in [0.15, 0.2) is 60.7 Å². The minimum absolute atomic E-state index is 0.0972. The maximum atomic E-state index is 7.75. The molecule has 0 saturated carbocycles. The molecule has 0 spiro atoms. The van der Waals surface area contributed by atoms with Gasteiger partial charge in [-0.3, -0.25) is 5.01 Å². The van der Waals surface area contributed by atoms with Gasteiger partial charge >= 0.3 is 0 Å². The molecule has 96 valence electrons. The minimum Gasteiger partial charge on any atom is -0.395 e. The van der Waals surface area contributed by atoms with Crippen LogP contribution in [0, 0.1) is 0 Å². The Morgan fingerprint density at radius 3 is 1.44 bits per heavy atom. The highest BCUT2D eigenvalue weighted by atomic mass is 16.3. The van der Waals surface area contributed by atoms with Crippen molar-refractivity contribution in [2.45, 2.75) is 0 Å². The molecule has 18 heavy (non-hydrogen) atoms. The number of rotatable bonds is 3. The molecule has 4 nitrogen and oxygen atoms in total. The fourth-order valence-corrected chi connectivity index (χ4v) is 1.33. The molecular weight excluding hydrogens is 226 g/mol. The van der Waals surface area contributed by atoms with E-state index in [1.54, 1.807) is 5.01 Å². The number of benzene rings is 2. The lowest BCUT2D eigenvalue weighted by atomic mass is 10.2. The van der Waals surface area contributed by atoms with Crippen molar-refractivity contribution in [2.75, 3.05) is 18.2 Å². The number of nitrogens with two attached hydrogens (primary N) is 2. The van der Waals surface area contributed by atoms with Gasteiger partial charge in [-0.15, -0.1) is 0 Å². The number of anilines is 2. The Kier molecular flexibility index (Phi) is 6.50. The maximum absolute atomic E-state index is 7.75. The predicted octanol–water partition coefficient (Wildman–Crippen LogP) is 1.64. The van der Waals surface area contributed by atoms with Crippen LogP contribution in [0.4, 0.5) is 11.4 Å². The van der Waals surface area contributed by atoms with Crippen LogP contribution in [0.1, 0.15) is 0 Å². The smallest absolute Gasteiger partial charge is 0.0575 e. The molecule has 0 aliphatic rings. The maximum Gasteiger partial charge on any atom is 0.0575 e. The van der Waals surface area contributed by atoms with Gasteiger partial charge < -0.3 is 10.8 Å². The molecule has 2 rings (SSSR count). The molecule has 4 heteroatoms. The zero-order valence-corrected chi connectivity index (χ0v) is 10.2. The quantitative estimate of drug-likeness (QED) is 0.567. The van der Waals surface area contributed by atoms with Crippen LogP contribution in [-0.4, -0.2) is 18.3 Å². The average Bonchev–Trinajstić information content (AvgIpc) is 2.48. The first-order valence-electron chi connectivity index (χ1n) is 5.75. The van der Waals surface area contributed by atoms with Crippen LogP contribution < -0.4 is 16.6 Å². The zero-order valence-electron chi connectivity index (χ0n) is 10.2. The number of aliphatic hydroxyl groups excluding tert-OH is 1. The summed E-state index contributed by atoms with van der Waals surface area (Å²) in [7, 11) is 0. The largest absolute Gasteiger partial charge is 0.395 e. The first-order valence-corrected chi connectivity index (χ1v) is 5.75. The van der Waals surface area contributed by atoms with Crippen molar-refractivity contribution < 1.29 is 5.11 Å². The molecule has 2 aromatic carbocycles. The van der Waals surface area contributed by atoms with Gasteiger partial charge in [0.1, 0.15) is 0 Å². The highest BCUT2D eigenvalue weighted by Gasteiger charge is 2.01. The number of hydrogen-bond acceptors (Lipinski definition) is 4. The summed E-state index contributed by atoms with van der Waals surface area (Å²) in [4.78, 5) is 0. The van der Waals surface area contributed by atoms with Crippen molar-refractivity contribution in [3.8, 4) is 0 Å². The molecule has 2 aromatic rings. The Balaban J connectivity index is 0.000000357. The third-order valence-corrected chi connectivity index (χ3v) is 2.20. The van der Waals surface area contributed by atoms with E-state index in [2.05, 4.69) is 0 Å². The van der Waals surface area contributed by atoms with Crippen molar-refractivity contribution in [3.05, 3.63) is 60.7 Å². The molecule has 0 aliphatic heterocycles. The fraction of sp³-hybridized carbons (Fsp3) is 0.143. The second kappa shape index (κ2) is 8.25. The fourth-order valence-electron chi connectivity index (χ4n) is 1.33. The Bertz CT molecular complexity index is 378. The van der Waals surface area contributed by atoms with Gasteiger partial charge in [0.25, 0.3) is 0 Å². The predicted molar refractivity (Wildman–Crippen MR) is 75.4 cm³/mol. The Labute approximate surface area is 107 Å². The molecule has 0 amide bonds.